The molecule has 1 aliphatic rings. The zero-order valence-corrected chi connectivity index (χ0v) is 8.32. The fourth-order valence-electron chi connectivity index (χ4n) is 1.62. The Morgan fingerprint density at radius 1 is 1.67 bits per heavy atom. The molecular weight excluding hydrogens is 198 g/mol. The van der Waals surface area contributed by atoms with Crippen molar-refractivity contribution in [3.63, 3.8) is 0 Å². The summed E-state index contributed by atoms with van der Waals surface area (Å²) >= 11 is 5.87. The predicted molar refractivity (Wildman–Crippen MR) is 46.7 cm³/mol. The predicted octanol–water partition coefficient (Wildman–Crippen LogP) is 1.08. The third-order valence-corrected chi connectivity index (χ3v) is 4.56. The Morgan fingerprint density at radius 2 is 2.25 bits per heavy atom. The SMILES string of the molecule is CS(=O)(=O)C1CCCC1(Cl)C#N. The molecule has 5 heteroatoms. The van der Waals surface area contributed by atoms with Crippen molar-refractivity contribution >= 4 is 21.4 Å². The molecule has 68 valence electrons. The van der Waals surface area contributed by atoms with Crippen molar-refractivity contribution in [1.82, 2.24) is 0 Å². The highest BCUT2D eigenvalue weighted by Gasteiger charge is 2.47. The summed E-state index contributed by atoms with van der Waals surface area (Å²) in [6, 6.07) is 1.88. The maximum absolute atomic E-state index is 11.2. The molecule has 1 rings (SSSR count). The standard InChI is InChI=1S/C7H10ClNO2S/c1-12(10,11)6-3-2-4-7(6,8)5-9/h6H,2-4H2,1H3. The third-order valence-electron chi connectivity index (χ3n) is 2.22. The molecule has 0 aromatic heterocycles. The van der Waals surface area contributed by atoms with Crippen LogP contribution in [0.1, 0.15) is 19.3 Å². The molecule has 0 aliphatic heterocycles. The van der Waals surface area contributed by atoms with Gasteiger partial charge in [-0.05, 0) is 19.3 Å². The quantitative estimate of drug-likeness (QED) is 0.605. The van der Waals surface area contributed by atoms with Gasteiger partial charge in [-0.1, -0.05) is 0 Å². The Kier molecular flexibility index (Phi) is 2.37. The Labute approximate surface area is 77.2 Å². The maximum atomic E-state index is 11.2. The van der Waals surface area contributed by atoms with Crippen molar-refractivity contribution in [1.29, 1.82) is 5.26 Å². The molecule has 2 atom stereocenters. The van der Waals surface area contributed by atoms with Gasteiger partial charge in [0.2, 0.25) is 0 Å². The fourth-order valence-corrected chi connectivity index (χ4v) is 3.79. The van der Waals surface area contributed by atoms with E-state index in [1.165, 1.54) is 0 Å². The number of alkyl halides is 1. The number of nitrogens with zero attached hydrogens (tertiary/aromatic N) is 1. The summed E-state index contributed by atoms with van der Waals surface area (Å²) < 4.78 is 22.3. The second-order valence-corrected chi connectivity index (χ2v) is 6.09. The molecule has 0 amide bonds. The number of sulfone groups is 1. The minimum atomic E-state index is -3.18. The molecule has 0 N–H and O–H groups in total. The molecule has 0 heterocycles. The van der Waals surface area contributed by atoms with E-state index in [4.69, 9.17) is 16.9 Å². The lowest BCUT2D eigenvalue weighted by molar-refractivity contribution is 0.578. The molecule has 1 saturated carbocycles. The molecule has 2 unspecified atom stereocenters. The highest BCUT2D eigenvalue weighted by atomic mass is 35.5. The van der Waals surface area contributed by atoms with Crippen LogP contribution in [-0.4, -0.2) is 24.8 Å². The highest BCUT2D eigenvalue weighted by Crippen LogP contribution is 2.39. The lowest BCUT2D eigenvalue weighted by Gasteiger charge is -2.19. The van der Waals surface area contributed by atoms with E-state index in [1.807, 2.05) is 6.07 Å². The van der Waals surface area contributed by atoms with Crippen LogP contribution in [0, 0.1) is 11.3 Å². The lowest BCUT2D eigenvalue weighted by atomic mass is 10.1. The molecule has 1 aliphatic carbocycles. The highest BCUT2D eigenvalue weighted by molar-refractivity contribution is 7.91. The second-order valence-electron chi connectivity index (χ2n) is 3.18. The van der Waals surface area contributed by atoms with E-state index in [9.17, 15) is 8.42 Å². The number of hydrogen-bond donors (Lipinski definition) is 0. The summed E-state index contributed by atoms with van der Waals surface area (Å²) in [5.74, 6) is 0. The van der Waals surface area contributed by atoms with E-state index < -0.39 is 20.0 Å². The summed E-state index contributed by atoms with van der Waals surface area (Å²) in [6.45, 7) is 0. The number of rotatable bonds is 1. The van der Waals surface area contributed by atoms with Gasteiger partial charge in [0, 0.05) is 6.26 Å². The zero-order chi connectivity index (χ0) is 9.41. The molecule has 0 aromatic carbocycles. The van der Waals surface area contributed by atoms with E-state index in [0.29, 0.717) is 12.8 Å². The first kappa shape index (κ1) is 9.82. The van der Waals surface area contributed by atoms with Crippen LogP contribution in [0.25, 0.3) is 0 Å². The van der Waals surface area contributed by atoms with Gasteiger partial charge in [-0.15, -0.1) is 11.6 Å². The van der Waals surface area contributed by atoms with Crippen molar-refractivity contribution < 1.29 is 8.42 Å². The van der Waals surface area contributed by atoms with Crippen molar-refractivity contribution in [3.05, 3.63) is 0 Å². The van der Waals surface area contributed by atoms with E-state index in [0.717, 1.165) is 12.7 Å². The Bertz CT molecular complexity index is 319. The normalized spacial score (nSPS) is 36.2. The van der Waals surface area contributed by atoms with Crippen LogP contribution in [-0.2, 0) is 9.84 Å². The van der Waals surface area contributed by atoms with Gasteiger partial charge in [-0.2, -0.15) is 5.26 Å². The number of nitriles is 1. The average Bonchev–Trinajstić information content (AvgIpc) is 2.31. The van der Waals surface area contributed by atoms with Crippen LogP contribution in [0.2, 0.25) is 0 Å². The Hall–Kier alpha value is -0.270. The first-order chi connectivity index (χ1) is 5.40. The summed E-state index contributed by atoms with van der Waals surface area (Å²) in [4.78, 5) is -1.17. The molecule has 0 saturated heterocycles. The molecule has 0 radical (unpaired) electrons. The van der Waals surface area contributed by atoms with Crippen molar-refractivity contribution in [2.24, 2.45) is 0 Å². The van der Waals surface area contributed by atoms with Crippen LogP contribution in [0.15, 0.2) is 0 Å². The minimum absolute atomic E-state index is 0.475. The van der Waals surface area contributed by atoms with E-state index in [2.05, 4.69) is 0 Å². The average molecular weight is 208 g/mol. The summed E-state index contributed by atoms with van der Waals surface area (Å²) in [7, 11) is -3.18. The Balaban J connectivity index is 3.02. The van der Waals surface area contributed by atoms with Gasteiger partial charge in [0.25, 0.3) is 0 Å². The summed E-state index contributed by atoms with van der Waals surface area (Å²) in [5, 5.41) is 8.03. The van der Waals surface area contributed by atoms with Gasteiger partial charge >= 0.3 is 0 Å². The van der Waals surface area contributed by atoms with Crippen LogP contribution in [0.3, 0.4) is 0 Å². The van der Waals surface area contributed by atoms with E-state index >= 15 is 0 Å². The lowest BCUT2D eigenvalue weighted by Crippen LogP contribution is -2.35. The van der Waals surface area contributed by atoms with Crippen molar-refractivity contribution in [2.45, 2.75) is 29.4 Å². The second kappa shape index (κ2) is 2.90. The molecule has 0 spiro atoms. The van der Waals surface area contributed by atoms with Crippen LogP contribution in [0.4, 0.5) is 0 Å². The Morgan fingerprint density at radius 3 is 2.58 bits per heavy atom. The smallest absolute Gasteiger partial charge is 0.153 e. The third kappa shape index (κ3) is 1.57. The monoisotopic (exact) mass is 207 g/mol. The summed E-state index contributed by atoms with van der Waals surface area (Å²) in [5.41, 5.74) is 0. The number of hydrogen-bond acceptors (Lipinski definition) is 3. The van der Waals surface area contributed by atoms with Gasteiger partial charge in [-0.25, -0.2) is 8.42 Å². The van der Waals surface area contributed by atoms with Gasteiger partial charge in [0.05, 0.1) is 11.3 Å². The van der Waals surface area contributed by atoms with Crippen LogP contribution in [0.5, 0.6) is 0 Å². The van der Waals surface area contributed by atoms with Gasteiger partial charge < -0.3 is 0 Å². The van der Waals surface area contributed by atoms with E-state index in [-0.39, 0.29) is 0 Å². The number of halogens is 1. The molecular formula is C7H10ClNO2S. The first-order valence-electron chi connectivity index (χ1n) is 3.69. The molecule has 12 heavy (non-hydrogen) atoms. The van der Waals surface area contributed by atoms with Crippen LogP contribution >= 0.6 is 11.6 Å². The first-order valence-corrected chi connectivity index (χ1v) is 6.02. The van der Waals surface area contributed by atoms with E-state index in [1.54, 1.807) is 0 Å². The summed E-state index contributed by atoms with van der Waals surface area (Å²) in [6.07, 6.45) is 2.84. The topological polar surface area (TPSA) is 57.9 Å². The molecule has 3 nitrogen and oxygen atoms in total. The maximum Gasteiger partial charge on any atom is 0.153 e. The van der Waals surface area contributed by atoms with Crippen molar-refractivity contribution in [2.75, 3.05) is 6.26 Å². The molecule has 0 aromatic rings. The fraction of sp³-hybridized carbons (Fsp3) is 0.857. The minimum Gasteiger partial charge on any atom is -0.229 e. The largest absolute Gasteiger partial charge is 0.229 e. The molecule has 0 bridgehead atoms. The van der Waals surface area contributed by atoms with Crippen molar-refractivity contribution in [3.8, 4) is 6.07 Å². The van der Waals surface area contributed by atoms with Crippen LogP contribution < -0.4 is 0 Å². The molecule has 1 fully saturated rings. The van der Waals surface area contributed by atoms with Gasteiger partial charge in [0.1, 0.15) is 4.87 Å². The van der Waals surface area contributed by atoms with Gasteiger partial charge in [-0.3, -0.25) is 0 Å². The van der Waals surface area contributed by atoms with Gasteiger partial charge in [0.15, 0.2) is 9.84 Å². The zero-order valence-electron chi connectivity index (χ0n) is 6.75.